The van der Waals surface area contributed by atoms with Gasteiger partial charge in [-0.2, -0.15) is 0 Å². The van der Waals surface area contributed by atoms with E-state index in [-0.39, 0.29) is 11.7 Å². The van der Waals surface area contributed by atoms with E-state index in [0.717, 1.165) is 5.56 Å². The molecule has 0 aliphatic rings. The molecule has 1 amide bonds. The van der Waals surface area contributed by atoms with Gasteiger partial charge in [0.15, 0.2) is 0 Å². The summed E-state index contributed by atoms with van der Waals surface area (Å²) < 4.78 is 12.9. The Morgan fingerprint density at radius 3 is 2.46 bits per heavy atom. The minimum atomic E-state index is -0.348. The highest BCUT2D eigenvalue weighted by molar-refractivity contribution is 6.07. The van der Waals surface area contributed by atoms with Gasteiger partial charge in [0, 0.05) is 18.4 Å². The molecular formula is C19H16FN3O. The topological polar surface area (TPSA) is 54.0 Å². The Morgan fingerprint density at radius 2 is 1.71 bits per heavy atom. The number of nitrogens with one attached hydrogen (secondary N) is 2. The van der Waals surface area contributed by atoms with Gasteiger partial charge in [-0.3, -0.25) is 4.79 Å². The third-order valence-corrected chi connectivity index (χ3v) is 3.46. The molecule has 1 heterocycles. The molecule has 1 aromatic heterocycles. The molecule has 0 atom stereocenters. The Labute approximate surface area is 139 Å². The first-order chi connectivity index (χ1) is 11.7. The van der Waals surface area contributed by atoms with Crippen molar-refractivity contribution in [1.82, 2.24) is 4.98 Å². The van der Waals surface area contributed by atoms with Gasteiger partial charge in [-0.05, 0) is 42.0 Å². The third-order valence-electron chi connectivity index (χ3n) is 3.46. The molecule has 2 N–H and O–H groups in total. The van der Waals surface area contributed by atoms with Crippen LogP contribution in [0.2, 0.25) is 0 Å². The maximum Gasteiger partial charge on any atom is 0.259 e. The fourth-order valence-electron chi connectivity index (χ4n) is 2.24. The first-order valence-electron chi connectivity index (χ1n) is 7.52. The van der Waals surface area contributed by atoms with Crippen LogP contribution in [0.15, 0.2) is 72.9 Å². The highest BCUT2D eigenvalue weighted by Crippen LogP contribution is 2.16. The molecule has 120 valence electrons. The van der Waals surface area contributed by atoms with Gasteiger partial charge in [0.1, 0.15) is 11.6 Å². The number of halogens is 1. The van der Waals surface area contributed by atoms with E-state index in [1.807, 2.05) is 30.3 Å². The lowest BCUT2D eigenvalue weighted by molar-refractivity contribution is 0.102. The Morgan fingerprint density at radius 1 is 0.958 bits per heavy atom. The van der Waals surface area contributed by atoms with Gasteiger partial charge in [0.2, 0.25) is 0 Å². The molecule has 0 saturated carbocycles. The minimum Gasteiger partial charge on any atom is -0.365 e. The van der Waals surface area contributed by atoms with E-state index in [0.29, 0.717) is 23.6 Å². The molecule has 3 rings (SSSR count). The summed E-state index contributed by atoms with van der Waals surface area (Å²) in [6.07, 6.45) is 1.63. The van der Waals surface area contributed by atoms with Gasteiger partial charge in [0.25, 0.3) is 5.91 Å². The van der Waals surface area contributed by atoms with Gasteiger partial charge in [-0.15, -0.1) is 0 Å². The molecule has 0 radical (unpaired) electrons. The molecule has 0 aliphatic carbocycles. The number of pyridine rings is 1. The van der Waals surface area contributed by atoms with Crippen LogP contribution in [0.3, 0.4) is 0 Å². The van der Waals surface area contributed by atoms with Crippen molar-refractivity contribution in [3.05, 3.63) is 89.9 Å². The van der Waals surface area contributed by atoms with Crippen molar-refractivity contribution in [2.45, 2.75) is 6.54 Å². The minimum absolute atomic E-state index is 0.301. The van der Waals surface area contributed by atoms with Crippen LogP contribution in [0.1, 0.15) is 15.9 Å². The van der Waals surface area contributed by atoms with Crippen LogP contribution in [0.4, 0.5) is 15.9 Å². The molecule has 0 unspecified atom stereocenters. The van der Waals surface area contributed by atoms with Crippen LogP contribution in [0, 0.1) is 5.82 Å². The molecule has 4 nitrogen and oxygen atoms in total. The summed E-state index contributed by atoms with van der Waals surface area (Å²) in [5.74, 6) is -0.147. The number of anilines is 2. The second-order valence-electron chi connectivity index (χ2n) is 5.20. The Kier molecular flexibility index (Phi) is 4.81. The summed E-state index contributed by atoms with van der Waals surface area (Å²) in [6.45, 7) is 0.564. The standard InChI is InChI=1S/C19H16FN3O/c20-15-8-10-16(11-9-15)23-19(24)17-7-4-12-21-18(17)22-13-14-5-2-1-3-6-14/h1-12H,13H2,(H,21,22)(H,23,24). The zero-order chi connectivity index (χ0) is 16.8. The normalized spacial score (nSPS) is 10.2. The molecule has 3 aromatic rings. The molecule has 2 aromatic carbocycles. The number of amides is 1. The van der Waals surface area contributed by atoms with Crippen LogP contribution in [-0.2, 0) is 6.54 Å². The monoisotopic (exact) mass is 321 g/mol. The number of carbonyl (C=O) groups is 1. The maximum absolute atomic E-state index is 12.9. The van der Waals surface area contributed by atoms with Crippen LogP contribution in [0.5, 0.6) is 0 Å². The summed E-state index contributed by atoms with van der Waals surface area (Å²) in [5.41, 5.74) is 2.05. The summed E-state index contributed by atoms with van der Waals surface area (Å²) in [6, 6.07) is 18.9. The molecule has 0 saturated heterocycles. The fourth-order valence-corrected chi connectivity index (χ4v) is 2.24. The average Bonchev–Trinajstić information content (AvgIpc) is 2.63. The first-order valence-corrected chi connectivity index (χ1v) is 7.52. The largest absolute Gasteiger partial charge is 0.365 e. The second-order valence-corrected chi connectivity index (χ2v) is 5.20. The highest BCUT2D eigenvalue weighted by Gasteiger charge is 2.12. The highest BCUT2D eigenvalue weighted by atomic mass is 19.1. The van der Waals surface area contributed by atoms with Crippen molar-refractivity contribution in [1.29, 1.82) is 0 Å². The average molecular weight is 321 g/mol. The van der Waals surface area contributed by atoms with Crippen LogP contribution >= 0.6 is 0 Å². The van der Waals surface area contributed by atoms with Crippen molar-refractivity contribution in [3.8, 4) is 0 Å². The van der Waals surface area contributed by atoms with Gasteiger partial charge >= 0.3 is 0 Å². The van der Waals surface area contributed by atoms with E-state index < -0.39 is 0 Å². The summed E-state index contributed by atoms with van der Waals surface area (Å²) in [7, 11) is 0. The molecule has 0 bridgehead atoms. The van der Waals surface area contributed by atoms with Crippen molar-refractivity contribution < 1.29 is 9.18 Å². The molecule has 0 fully saturated rings. The van der Waals surface area contributed by atoms with Gasteiger partial charge < -0.3 is 10.6 Å². The zero-order valence-corrected chi connectivity index (χ0v) is 12.9. The van der Waals surface area contributed by atoms with Gasteiger partial charge in [0.05, 0.1) is 5.56 Å². The maximum atomic E-state index is 12.9. The first kappa shape index (κ1) is 15.7. The van der Waals surface area contributed by atoms with Crippen molar-refractivity contribution in [2.24, 2.45) is 0 Å². The van der Waals surface area contributed by atoms with Crippen molar-refractivity contribution in [2.75, 3.05) is 10.6 Å². The van der Waals surface area contributed by atoms with Gasteiger partial charge in [-0.25, -0.2) is 9.37 Å². The molecule has 24 heavy (non-hydrogen) atoms. The van der Waals surface area contributed by atoms with E-state index >= 15 is 0 Å². The van der Waals surface area contributed by atoms with Crippen molar-refractivity contribution in [3.63, 3.8) is 0 Å². The smallest absolute Gasteiger partial charge is 0.259 e. The van der Waals surface area contributed by atoms with Crippen molar-refractivity contribution >= 4 is 17.4 Å². The zero-order valence-electron chi connectivity index (χ0n) is 12.9. The summed E-state index contributed by atoms with van der Waals surface area (Å²) in [5, 5.41) is 5.91. The quantitative estimate of drug-likeness (QED) is 0.744. The number of nitrogens with zero attached hydrogens (tertiary/aromatic N) is 1. The number of carbonyl (C=O) groups excluding carboxylic acids is 1. The lowest BCUT2D eigenvalue weighted by atomic mass is 10.2. The molecule has 0 aliphatic heterocycles. The predicted octanol–water partition coefficient (Wildman–Crippen LogP) is 4.09. The number of rotatable bonds is 5. The number of benzene rings is 2. The predicted molar refractivity (Wildman–Crippen MR) is 92.4 cm³/mol. The summed E-state index contributed by atoms with van der Waals surface area (Å²) >= 11 is 0. The van der Waals surface area contributed by atoms with E-state index in [1.54, 1.807) is 18.3 Å². The SMILES string of the molecule is O=C(Nc1ccc(F)cc1)c1cccnc1NCc1ccccc1. The van der Waals surface area contributed by atoms with Crippen LogP contribution in [-0.4, -0.2) is 10.9 Å². The molecule has 5 heteroatoms. The van der Waals surface area contributed by atoms with E-state index in [2.05, 4.69) is 15.6 Å². The second kappa shape index (κ2) is 7.37. The fraction of sp³-hybridized carbons (Fsp3) is 0.0526. The Bertz CT molecular complexity index is 820. The lowest BCUT2D eigenvalue weighted by Gasteiger charge is -2.11. The Balaban J connectivity index is 1.73. The summed E-state index contributed by atoms with van der Waals surface area (Å²) in [4.78, 5) is 16.7. The number of hydrogen-bond donors (Lipinski definition) is 2. The lowest BCUT2D eigenvalue weighted by Crippen LogP contribution is -2.15. The Hall–Kier alpha value is -3.21. The van der Waals surface area contributed by atoms with Crippen LogP contribution < -0.4 is 10.6 Å². The van der Waals surface area contributed by atoms with E-state index in [1.165, 1.54) is 24.3 Å². The van der Waals surface area contributed by atoms with Crippen LogP contribution in [0.25, 0.3) is 0 Å². The van der Waals surface area contributed by atoms with Gasteiger partial charge in [-0.1, -0.05) is 30.3 Å². The molecular weight excluding hydrogens is 305 g/mol. The van der Waals surface area contributed by atoms with E-state index in [4.69, 9.17) is 0 Å². The van der Waals surface area contributed by atoms with E-state index in [9.17, 15) is 9.18 Å². The third kappa shape index (κ3) is 3.95. The number of aromatic nitrogens is 1. The molecule has 0 spiro atoms. The number of hydrogen-bond acceptors (Lipinski definition) is 3.